The Balaban J connectivity index is -0.0000000720. The van der Waals surface area contributed by atoms with Crippen molar-refractivity contribution in [1.82, 2.24) is 0 Å². The normalized spacial score (nSPS) is 5.33. The molecule has 0 heterocycles. The number of primary amides is 2. The van der Waals surface area contributed by atoms with Gasteiger partial charge in [-0.15, -0.1) is 0 Å². The Bertz CT molecular complexity index is 71.0. The lowest BCUT2D eigenvalue weighted by Gasteiger charge is -1.62. The predicted octanol–water partition coefficient (Wildman–Crippen LogP) is -1.58. The summed E-state index contributed by atoms with van der Waals surface area (Å²) >= 11 is 0. The number of rotatable bonds is 0. The van der Waals surface area contributed by atoms with Crippen LogP contribution in [0.1, 0.15) is 0 Å². The van der Waals surface area contributed by atoms with Gasteiger partial charge in [0, 0.05) is 0 Å². The Morgan fingerprint density at radius 2 is 1.11 bits per heavy atom. The summed E-state index contributed by atoms with van der Waals surface area (Å²) in [5, 5.41) is 13.9. The number of hydrogen-bond donors (Lipinski definition) is 4. The molecular weight excluding hydrogens is 132 g/mol. The maximum absolute atomic E-state index is 9.00. The second kappa shape index (κ2) is 9.71. The summed E-state index contributed by atoms with van der Waals surface area (Å²) < 4.78 is 0. The van der Waals surface area contributed by atoms with Gasteiger partial charge in [-0.05, 0) is 0 Å². The average Bonchev–Trinajstić information content (AvgIpc) is 1.25. The molecule has 7 nitrogen and oxygen atoms in total. The number of carboxylic acid groups (broad SMARTS) is 2. The molecule has 7 heteroatoms. The van der Waals surface area contributed by atoms with E-state index in [2.05, 4.69) is 11.5 Å². The molecule has 0 aromatic carbocycles. The van der Waals surface area contributed by atoms with Gasteiger partial charge in [-0.3, -0.25) is 0 Å². The van der Waals surface area contributed by atoms with Crippen molar-refractivity contribution >= 4 is 12.2 Å². The van der Waals surface area contributed by atoms with E-state index in [0.717, 1.165) is 0 Å². The molecule has 0 radical (unpaired) electrons. The predicted molar refractivity (Wildman–Crippen MR) is 28.0 cm³/mol. The standard InChI is InChI=1S/CH4N2O.CH2O3.H2O/c2*2-1(3)4;/h(H4,2,3,4);(H2,2,3,4);1H2. The van der Waals surface area contributed by atoms with Gasteiger partial charge < -0.3 is 27.2 Å². The van der Waals surface area contributed by atoms with Crippen LogP contribution in [0.5, 0.6) is 0 Å². The molecule has 0 fully saturated rings. The van der Waals surface area contributed by atoms with Gasteiger partial charge in [0.2, 0.25) is 0 Å². The Morgan fingerprint density at radius 3 is 1.11 bits per heavy atom. The molecule has 0 rings (SSSR count). The van der Waals surface area contributed by atoms with Crippen molar-refractivity contribution in [3.8, 4) is 0 Å². The van der Waals surface area contributed by atoms with Crippen LogP contribution in [0.3, 0.4) is 0 Å². The second-order valence-corrected chi connectivity index (χ2v) is 0.685. The van der Waals surface area contributed by atoms with Crippen LogP contribution in [0.25, 0.3) is 0 Å². The lowest BCUT2D eigenvalue weighted by Crippen LogP contribution is -2.18. The fourth-order valence-corrected chi connectivity index (χ4v) is 0. The van der Waals surface area contributed by atoms with Crippen molar-refractivity contribution in [3.63, 3.8) is 0 Å². The molecule has 0 aromatic rings. The molecule has 0 saturated carbocycles. The number of nitrogens with two attached hydrogens (primary N) is 2. The van der Waals surface area contributed by atoms with Gasteiger partial charge >= 0.3 is 12.2 Å². The van der Waals surface area contributed by atoms with E-state index < -0.39 is 12.2 Å². The van der Waals surface area contributed by atoms with Crippen molar-refractivity contribution in [2.75, 3.05) is 0 Å². The van der Waals surface area contributed by atoms with Crippen LogP contribution in [0.4, 0.5) is 9.59 Å². The summed E-state index contributed by atoms with van der Waals surface area (Å²) in [5.74, 6) is 0. The first-order valence-electron chi connectivity index (χ1n) is 1.43. The molecule has 0 saturated heterocycles. The Hall–Kier alpha value is -1.50. The maximum atomic E-state index is 9.00. The van der Waals surface area contributed by atoms with E-state index in [4.69, 9.17) is 19.8 Å². The van der Waals surface area contributed by atoms with E-state index in [-0.39, 0.29) is 5.48 Å². The van der Waals surface area contributed by atoms with E-state index >= 15 is 0 Å². The molecule has 0 bridgehead atoms. The van der Waals surface area contributed by atoms with Crippen molar-refractivity contribution in [3.05, 3.63) is 0 Å². The first kappa shape index (κ1) is 15.6. The minimum Gasteiger partial charge on any atom is -0.450 e. The molecule has 0 aromatic heterocycles. The minimum atomic E-state index is -1.83. The van der Waals surface area contributed by atoms with Crippen molar-refractivity contribution in [2.45, 2.75) is 0 Å². The molecule has 0 aliphatic rings. The van der Waals surface area contributed by atoms with E-state index in [0.29, 0.717) is 0 Å². The lowest BCUT2D eigenvalue weighted by molar-refractivity contribution is 0.137. The molecule has 0 spiro atoms. The van der Waals surface area contributed by atoms with Crippen molar-refractivity contribution in [1.29, 1.82) is 0 Å². The van der Waals surface area contributed by atoms with E-state index in [1.54, 1.807) is 0 Å². The number of carbonyl (C=O) groups excluding carboxylic acids is 1. The van der Waals surface area contributed by atoms with Crippen LogP contribution >= 0.6 is 0 Å². The smallest absolute Gasteiger partial charge is 0.450 e. The topological polar surface area (TPSA) is 158 Å². The molecule has 0 unspecified atom stereocenters. The van der Waals surface area contributed by atoms with Crippen LogP contribution in [0.2, 0.25) is 0 Å². The van der Waals surface area contributed by atoms with Gasteiger partial charge in [0.15, 0.2) is 0 Å². The van der Waals surface area contributed by atoms with Crippen molar-refractivity contribution < 1.29 is 25.3 Å². The summed E-state index contributed by atoms with van der Waals surface area (Å²) in [5.41, 5.74) is 8.50. The van der Waals surface area contributed by atoms with E-state index in [1.165, 1.54) is 0 Å². The molecule has 0 atom stereocenters. The summed E-state index contributed by atoms with van der Waals surface area (Å²) in [4.78, 5) is 17.6. The Labute approximate surface area is 50.2 Å². The molecule has 0 aliphatic heterocycles. The third kappa shape index (κ3) is 58.5. The monoisotopic (exact) mass is 140 g/mol. The van der Waals surface area contributed by atoms with Crippen LogP contribution in [-0.2, 0) is 0 Å². The summed E-state index contributed by atoms with van der Waals surface area (Å²) in [6.45, 7) is 0. The third-order valence-corrected chi connectivity index (χ3v) is 0. The lowest BCUT2D eigenvalue weighted by atomic mass is 11.2. The molecular formula is C2H8N2O5. The summed E-state index contributed by atoms with van der Waals surface area (Å²) in [6.07, 6.45) is -1.83. The van der Waals surface area contributed by atoms with Crippen LogP contribution in [0.15, 0.2) is 0 Å². The maximum Gasteiger partial charge on any atom is 0.503 e. The Morgan fingerprint density at radius 1 is 1.11 bits per heavy atom. The first-order chi connectivity index (χ1) is 3.46. The highest BCUT2D eigenvalue weighted by molar-refractivity contribution is 5.69. The average molecular weight is 140 g/mol. The Kier molecular flexibility index (Phi) is 16.9. The van der Waals surface area contributed by atoms with E-state index in [1.807, 2.05) is 0 Å². The number of urea groups is 1. The zero-order valence-electron chi connectivity index (χ0n) is 4.37. The first-order valence-corrected chi connectivity index (χ1v) is 1.43. The van der Waals surface area contributed by atoms with Gasteiger partial charge in [0.25, 0.3) is 0 Å². The zero-order valence-corrected chi connectivity index (χ0v) is 4.37. The molecule has 2 amide bonds. The molecule has 0 aliphatic carbocycles. The molecule has 8 N–H and O–H groups in total. The van der Waals surface area contributed by atoms with Gasteiger partial charge in [-0.1, -0.05) is 0 Å². The van der Waals surface area contributed by atoms with Crippen LogP contribution in [-0.4, -0.2) is 27.9 Å². The number of carbonyl (C=O) groups is 2. The summed E-state index contributed by atoms with van der Waals surface area (Å²) in [7, 11) is 0. The third-order valence-electron chi connectivity index (χ3n) is 0. The highest BCUT2D eigenvalue weighted by atomic mass is 16.6. The SMILES string of the molecule is NC(N)=O.O.O=C(O)O. The van der Waals surface area contributed by atoms with Gasteiger partial charge in [-0.25, -0.2) is 9.59 Å². The second-order valence-electron chi connectivity index (χ2n) is 0.685. The number of hydrogen-bond acceptors (Lipinski definition) is 2. The fourth-order valence-electron chi connectivity index (χ4n) is 0. The van der Waals surface area contributed by atoms with Gasteiger partial charge in [0.05, 0.1) is 0 Å². The zero-order chi connectivity index (χ0) is 7.15. The van der Waals surface area contributed by atoms with Crippen molar-refractivity contribution in [2.24, 2.45) is 11.5 Å². The quantitative estimate of drug-likeness (QED) is 0.320. The van der Waals surface area contributed by atoms with E-state index in [9.17, 15) is 0 Å². The highest BCUT2D eigenvalue weighted by Gasteiger charge is 1.70. The highest BCUT2D eigenvalue weighted by Crippen LogP contribution is 1.42. The minimum absolute atomic E-state index is 0. The largest absolute Gasteiger partial charge is 0.503 e. The fraction of sp³-hybridized carbons (Fsp3) is 0. The number of amides is 2. The molecule has 56 valence electrons. The van der Waals surface area contributed by atoms with Gasteiger partial charge in [-0.2, -0.15) is 0 Å². The van der Waals surface area contributed by atoms with Crippen LogP contribution in [0, 0.1) is 0 Å². The van der Waals surface area contributed by atoms with Crippen LogP contribution < -0.4 is 11.5 Å². The summed E-state index contributed by atoms with van der Waals surface area (Å²) in [6, 6.07) is -0.833. The van der Waals surface area contributed by atoms with Gasteiger partial charge in [0.1, 0.15) is 0 Å². The molecule has 9 heavy (non-hydrogen) atoms.